The van der Waals surface area contributed by atoms with Crippen LogP contribution in [0, 0.1) is 0 Å². The van der Waals surface area contributed by atoms with E-state index in [1.807, 2.05) is 29.2 Å². The minimum Gasteiger partial charge on any atom is -0.380 e. The number of nitrogens with zero attached hydrogens (tertiary/aromatic N) is 2. The van der Waals surface area contributed by atoms with Gasteiger partial charge in [-0.15, -0.1) is 0 Å². The van der Waals surface area contributed by atoms with E-state index in [-0.39, 0.29) is 11.9 Å². The number of hydrogen-bond donors (Lipinski definition) is 0. The molecule has 1 aromatic heterocycles. The fourth-order valence-electron chi connectivity index (χ4n) is 3.26. The molecular weight excluding hydrogens is 276 g/mol. The lowest BCUT2D eigenvalue weighted by atomic mass is 10.0. The molecule has 0 aliphatic carbocycles. The largest absolute Gasteiger partial charge is 0.380 e. The standard InChI is InChI=1S/C18H22N2O2/c1-3-16-17-8-5-9-19(17)10-11-20(16)18(21)15-7-4-6-14(12-15)13-22-2/h4-9,12,16H,3,10-11,13H2,1-2H3/t16-/m0/s1. The molecule has 4 heteroatoms. The van der Waals surface area contributed by atoms with E-state index in [2.05, 4.69) is 29.8 Å². The Morgan fingerprint density at radius 3 is 2.91 bits per heavy atom. The van der Waals surface area contributed by atoms with Gasteiger partial charge in [0.1, 0.15) is 0 Å². The van der Waals surface area contributed by atoms with E-state index in [4.69, 9.17) is 4.74 Å². The van der Waals surface area contributed by atoms with Gasteiger partial charge in [-0.3, -0.25) is 4.79 Å². The topological polar surface area (TPSA) is 34.5 Å². The number of carbonyl (C=O) groups excluding carboxylic acids is 1. The molecule has 2 aromatic rings. The van der Waals surface area contributed by atoms with Gasteiger partial charge in [-0.05, 0) is 36.2 Å². The summed E-state index contributed by atoms with van der Waals surface area (Å²) in [5.74, 6) is 0.109. The summed E-state index contributed by atoms with van der Waals surface area (Å²) >= 11 is 0. The minimum absolute atomic E-state index is 0.109. The highest BCUT2D eigenvalue weighted by Crippen LogP contribution is 2.30. The number of benzene rings is 1. The fraction of sp³-hybridized carbons (Fsp3) is 0.389. The number of methoxy groups -OCH3 is 1. The number of amides is 1. The van der Waals surface area contributed by atoms with Crippen LogP contribution in [0.3, 0.4) is 0 Å². The first-order valence-electron chi connectivity index (χ1n) is 7.78. The zero-order valence-electron chi connectivity index (χ0n) is 13.2. The SMILES string of the molecule is CC[C@H]1c2cccn2CCN1C(=O)c1cccc(COC)c1. The van der Waals surface area contributed by atoms with Crippen LogP contribution < -0.4 is 0 Å². The first kappa shape index (κ1) is 14.9. The third-order valence-electron chi connectivity index (χ3n) is 4.30. The minimum atomic E-state index is 0.109. The van der Waals surface area contributed by atoms with E-state index < -0.39 is 0 Å². The first-order chi connectivity index (χ1) is 10.7. The molecule has 0 bridgehead atoms. The second-order valence-electron chi connectivity index (χ2n) is 5.68. The van der Waals surface area contributed by atoms with Crippen molar-refractivity contribution in [3.05, 3.63) is 59.4 Å². The van der Waals surface area contributed by atoms with Gasteiger partial charge in [0.2, 0.25) is 0 Å². The molecule has 2 heterocycles. The zero-order chi connectivity index (χ0) is 15.5. The molecule has 1 amide bonds. The van der Waals surface area contributed by atoms with Crippen molar-refractivity contribution in [3.8, 4) is 0 Å². The molecule has 1 aliphatic rings. The summed E-state index contributed by atoms with van der Waals surface area (Å²) in [5, 5.41) is 0. The van der Waals surface area contributed by atoms with Gasteiger partial charge in [0, 0.05) is 37.7 Å². The zero-order valence-corrected chi connectivity index (χ0v) is 13.2. The number of carbonyl (C=O) groups is 1. The van der Waals surface area contributed by atoms with Crippen LogP contribution in [-0.2, 0) is 17.9 Å². The van der Waals surface area contributed by atoms with Crippen LogP contribution in [0.25, 0.3) is 0 Å². The van der Waals surface area contributed by atoms with Gasteiger partial charge in [0.15, 0.2) is 0 Å². The Morgan fingerprint density at radius 2 is 2.14 bits per heavy atom. The van der Waals surface area contributed by atoms with E-state index in [1.54, 1.807) is 7.11 Å². The van der Waals surface area contributed by atoms with E-state index in [0.29, 0.717) is 6.61 Å². The summed E-state index contributed by atoms with van der Waals surface area (Å²) < 4.78 is 7.41. The number of fused-ring (bicyclic) bond motifs is 1. The summed E-state index contributed by atoms with van der Waals surface area (Å²) in [6.45, 7) is 4.28. The average molecular weight is 298 g/mol. The summed E-state index contributed by atoms with van der Waals surface area (Å²) in [5.41, 5.74) is 3.00. The summed E-state index contributed by atoms with van der Waals surface area (Å²) in [6.07, 6.45) is 3.02. The van der Waals surface area contributed by atoms with Crippen molar-refractivity contribution >= 4 is 5.91 Å². The molecule has 4 nitrogen and oxygen atoms in total. The van der Waals surface area contributed by atoms with Gasteiger partial charge >= 0.3 is 0 Å². The van der Waals surface area contributed by atoms with Crippen molar-refractivity contribution in [2.45, 2.75) is 32.5 Å². The molecule has 1 aromatic carbocycles. The van der Waals surface area contributed by atoms with Gasteiger partial charge < -0.3 is 14.2 Å². The average Bonchev–Trinajstić information content (AvgIpc) is 3.02. The molecule has 1 atom stereocenters. The molecular formula is C18H22N2O2. The Labute approximate surface area is 131 Å². The van der Waals surface area contributed by atoms with Crippen LogP contribution in [0.4, 0.5) is 0 Å². The number of aromatic nitrogens is 1. The third kappa shape index (κ3) is 2.66. The van der Waals surface area contributed by atoms with Crippen LogP contribution in [0.5, 0.6) is 0 Å². The second-order valence-corrected chi connectivity index (χ2v) is 5.68. The highest BCUT2D eigenvalue weighted by molar-refractivity contribution is 5.94. The number of rotatable bonds is 4. The summed E-state index contributed by atoms with van der Waals surface area (Å²) in [6, 6.07) is 12.1. The van der Waals surface area contributed by atoms with E-state index >= 15 is 0 Å². The maximum Gasteiger partial charge on any atom is 0.254 e. The van der Waals surface area contributed by atoms with Crippen molar-refractivity contribution in [1.29, 1.82) is 0 Å². The van der Waals surface area contributed by atoms with Crippen LogP contribution in [0.2, 0.25) is 0 Å². The highest BCUT2D eigenvalue weighted by Gasteiger charge is 2.30. The second kappa shape index (κ2) is 6.36. The number of hydrogen-bond acceptors (Lipinski definition) is 2. The molecule has 0 radical (unpaired) electrons. The molecule has 1 aliphatic heterocycles. The molecule has 0 unspecified atom stereocenters. The quantitative estimate of drug-likeness (QED) is 0.868. The maximum atomic E-state index is 12.9. The Bertz CT molecular complexity index is 663. The van der Waals surface area contributed by atoms with Gasteiger partial charge in [0.25, 0.3) is 5.91 Å². The van der Waals surface area contributed by atoms with Crippen molar-refractivity contribution in [1.82, 2.24) is 9.47 Å². The van der Waals surface area contributed by atoms with Crippen molar-refractivity contribution in [2.24, 2.45) is 0 Å². The van der Waals surface area contributed by atoms with E-state index in [9.17, 15) is 4.79 Å². The lowest BCUT2D eigenvalue weighted by molar-refractivity contribution is 0.0617. The van der Waals surface area contributed by atoms with Crippen LogP contribution >= 0.6 is 0 Å². The first-order valence-corrected chi connectivity index (χ1v) is 7.78. The normalized spacial score (nSPS) is 17.4. The van der Waals surface area contributed by atoms with Crippen molar-refractivity contribution < 1.29 is 9.53 Å². The Hall–Kier alpha value is -2.07. The highest BCUT2D eigenvalue weighted by atomic mass is 16.5. The van der Waals surface area contributed by atoms with Crippen LogP contribution in [0.15, 0.2) is 42.6 Å². The summed E-state index contributed by atoms with van der Waals surface area (Å²) in [4.78, 5) is 14.9. The molecule has 116 valence electrons. The lowest BCUT2D eigenvalue weighted by Crippen LogP contribution is -2.41. The number of ether oxygens (including phenoxy) is 1. The lowest BCUT2D eigenvalue weighted by Gasteiger charge is -2.36. The predicted molar refractivity (Wildman–Crippen MR) is 85.7 cm³/mol. The Morgan fingerprint density at radius 1 is 1.27 bits per heavy atom. The van der Waals surface area contributed by atoms with Crippen LogP contribution in [0.1, 0.15) is 41.0 Å². The Kier molecular flexibility index (Phi) is 4.29. The third-order valence-corrected chi connectivity index (χ3v) is 4.30. The van der Waals surface area contributed by atoms with Gasteiger partial charge in [-0.1, -0.05) is 19.1 Å². The van der Waals surface area contributed by atoms with E-state index in [1.165, 1.54) is 5.69 Å². The molecule has 0 spiro atoms. The monoisotopic (exact) mass is 298 g/mol. The molecule has 0 saturated carbocycles. The van der Waals surface area contributed by atoms with Crippen molar-refractivity contribution in [3.63, 3.8) is 0 Å². The predicted octanol–water partition coefficient (Wildman–Crippen LogP) is 3.24. The Balaban J connectivity index is 1.87. The molecule has 22 heavy (non-hydrogen) atoms. The molecule has 0 fully saturated rings. The summed E-state index contributed by atoms with van der Waals surface area (Å²) in [7, 11) is 1.67. The van der Waals surface area contributed by atoms with Gasteiger partial charge in [-0.2, -0.15) is 0 Å². The maximum absolute atomic E-state index is 12.9. The molecule has 3 rings (SSSR count). The van der Waals surface area contributed by atoms with Gasteiger partial charge in [-0.25, -0.2) is 0 Å². The van der Waals surface area contributed by atoms with Gasteiger partial charge in [0.05, 0.1) is 12.6 Å². The van der Waals surface area contributed by atoms with Crippen LogP contribution in [-0.4, -0.2) is 29.0 Å². The van der Waals surface area contributed by atoms with Crippen molar-refractivity contribution in [2.75, 3.05) is 13.7 Å². The van der Waals surface area contributed by atoms with E-state index in [0.717, 1.165) is 30.6 Å². The molecule has 0 saturated heterocycles. The fourth-order valence-corrected chi connectivity index (χ4v) is 3.26. The molecule has 0 N–H and O–H groups in total. The smallest absolute Gasteiger partial charge is 0.254 e.